The highest BCUT2D eigenvalue weighted by atomic mass is 19.1. The van der Waals surface area contributed by atoms with Crippen molar-refractivity contribution < 1.29 is 4.39 Å². The molecule has 0 spiro atoms. The van der Waals surface area contributed by atoms with E-state index in [9.17, 15) is 4.39 Å². The van der Waals surface area contributed by atoms with E-state index in [1.807, 2.05) is 48.1 Å². The summed E-state index contributed by atoms with van der Waals surface area (Å²) in [6, 6.07) is 13.4. The van der Waals surface area contributed by atoms with Crippen molar-refractivity contribution in [1.29, 1.82) is 0 Å². The smallest absolute Gasteiger partial charge is 0.132 e. The molecule has 2 heterocycles. The maximum atomic E-state index is 14.0. The number of H-pyrrole nitrogens is 1. The number of benzene rings is 2. The van der Waals surface area contributed by atoms with Crippen molar-refractivity contribution in [2.45, 2.75) is 13.3 Å². The van der Waals surface area contributed by atoms with Crippen LogP contribution in [0.3, 0.4) is 0 Å². The van der Waals surface area contributed by atoms with Crippen LogP contribution in [-0.2, 0) is 6.42 Å². The SMILES string of the molecule is Cc1ccc(F)c2ccn(-c3cccc(Cc4ncc[nH]4)c3)c12. The highest BCUT2D eigenvalue weighted by Crippen LogP contribution is 2.26. The summed E-state index contributed by atoms with van der Waals surface area (Å²) >= 11 is 0. The molecule has 0 saturated heterocycles. The second kappa shape index (κ2) is 5.39. The topological polar surface area (TPSA) is 33.6 Å². The Morgan fingerprint density at radius 2 is 2.09 bits per heavy atom. The molecule has 4 rings (SSSR count). The molecule has 0 saturated carbocycles. The van der Waals surface area contributed by atoms with E-state index in [0.29, 0.717) is 5.39 Å². The summed E-state index contributed by atoms with van der Waals surface area (Å²) in [5, 5.41) is 0.654. The van der Waals surface area contributed by atoms with Crippen LogP contribution in [0.5, 0.6) is 0 Å². The zero-order valence-corrected chi connectivity index (χ0v) is 12.8. The second-order valence-corrected chi connectivity index (χ2v) is 5.69. The van der Waals surface area contributed by atoms with Gasteiger partial charge in [-0.2, -0.15) is 0 Å². The van der Waals surface area contributed by atoms with Crippen LogP contribution in [0.2, 0.25) is 0 Å². The van der Waals surface area contributed by atoms with Crippen molar-refractivity contribution >= 4 is 10.9 Å². The minimum Gasteiger partial charge on any atom is -0.348 e. The minimum absolute atomic E-state index is 0.184. The number of nitrogens with zero attached hydrogens (tertiary/aromatic N) is 2. The average molecular weight is 305 g/mol. The number of aromatic nitrogens is 3. The Balaban J connectivity index is 1.81. The third kappa shape index (κ3) is 2.42. The zero-order chi connectivity index (χ0) is 15.8. The van der Waals surface area contributed by atoms with Crippen molar-refractivity contribution in [3.8, 4) is 5.69 Å². The van der Waals surface area contributed by atoms with Gasteiger partial charge in [0.25, 0.3) is 0 Å². The fourth-order valence-electron chi connectivity index (χ4n) is 3.01. The van der Waals surface area contributed by atoms with Gasteiger partial charge in [0.05, 0.1) is 5.52 Å². The van der Waals surface area contributed by atoms with Gasteiger partial charge in [-0.05, 0) is 42.3 Å². The number of fused-ring (bicyclic) bond motifs is 1. The minimum atomic E-state index is -0.184. The van der Waals surface area contributed by atoms with Gasteiger partial charge in [0, 0.05) is 36.1 Å². The van der Waals surface area contributed by atoms with Crippen LogP contribution in [0.15, 0.2) is 61.1 Å². The number of rotatable bonds is 3. The summed E-state index contributed by atoms with van der Waals surface area (Å²) in [5.41, 5.74) is 4.16. The summed E-state index contributed by atoms with van der Waals surface area (Å²) in [7, 11) is 0. The molecular formula is C19H16FN3. The lowest BCUT2D eigenvalue weighted by Crippen LogP contribution is -1.97. The van der Waals surface area contributed by atoms with Crippen molar-refractivity contribution in [2.75, 3.05) is 0 Å². The quantitative estimate of drug-likeness (QED) is 0.598. The van der Waals surface area contributed by atoms with Gasteiger partial charge in [-0.3, -0.25) is 0 Å². The number of imidazole rings is 1. The molecule has 2 aromatic heterocycles. The molecule has 0 aliphatic heterocycles. The summed E-state index contributed by atoms with van der Waals surface area (Å²) < 4.78 is 16.0. The highest BCUT2D eigenvalue weighted by molar-refractivity contribution is 5.85. The number of nitrogens with one attached hydrogen (secondary N) is 1. The molecular weight excluding hydrogens is 289 g/mol. The fraction of sp³-hybridized carbons (Fsp3) is 0.105. The number of hydrogen-bond acceptors (Lipinski definition) is 1. The first-order valence-corrected chi connectivity index (χ1v) is 7.56. The van der Waals surface area contributed by atoms with Gasteiger partial charge in [0.2, 0.25) is 0 Å². The second-order valence-electron chi connectivity index (χ2n) is 5.69. The lowest BCUT2D eigenvalue weighted by molar-refractivity contribution is 0.639. The first kappa shape index (κ1) is 13.8. The molecule has 114 valence electrons. The van der Waals surface area contributed by atoms with Crippen molar-refractivity contribution in [2.24, 2.45) is 0 Å². The lowest BCUT2D eigenvalue weighted by atomic mass is 10.1. The van der Waals surface area contributed by atoms with Gasteiger partial charge in [0.15, 0.2) is 0 Å². The van der Waals surface area contributed by atoms with Crippen LogP contribution < -0.4 is 0 Å². The third-order valence-corrected chi connectivity index (χ3v) is 4.11. The van der Waals surface area contributed by atoms with E-state index in [-0.39, 0.29) is 5.82 Å². The van der Waals surface area contributed by atoms with Crippen molar-refractivity contribution in [3.05, 3.63) is 83.8 Å². The van der Waals surface area contributed by atoms with E-state index in [2.05, 4.69) is 22.1 Å². The number of halogens is 1. The van der Waals surface area contributed by atoms with E-state index in [4.69, 9.17) is 0 Å². The Labute approximate surface area is 133 Å². The molecule has 0 amide bonds. The molecule has 4 aromatic rings. The monoisotopic (exact) mass is 305 g/mol. The number of aromatic amines is 1. The Morgan fingerprint density at radius 1 is 1.17 bits per heavy atom. The molecule has 0 atom stereocenters. The molecule has 2 aromatic carbocycles. The zero-order valence-electron chi connectivity index (χ0n) is 12.8. The van der Waals surface area contributed by atoms with E-state index in [0.717, 1.165) is 34.6 Å². The predicted molar refractivity (Wildman–Crippen MR) is 89.4 cm³/mol. The molecule has 0 aliphatic carbocycles. The summed E-state index contributed by atoms with van der Waals surface area (Å²) in [6.07, 6.45) is 6.25. The Bertz CT molecular complexity index is 968. The average Bonchev–Trinajstić information content (AvgIpc) is 3.21. The first-order chi connectivity index (χ1) is 11.2. The lowest BCUT2D eigenvalue weighted by Gasteiger charge is -2.10. The van der Waals surface area contributed by atoms with Crippen LogP contribution in [-0.4, -0.2) is 14.5 Å². The highest BCUT2D eigenvalue weighted by Gasteiger charge is 2.10. The molecule has 0 aliphatic rings. The van der Waals surface area contributed by atoms with Crippen molar-refractivity contribution in [1.82, 2.24) is 14.5 Å². The molecule has 4 heteroatoms. The third-order valence-electron chi connectivity index (χ3n) is 4.11. The molecule has 0 radical (unpaired) electrons. The molecule has 0 bridgehead atoms. The van der Waals surface area contributed by atoms with E-state index >= 15 is 0 Å². The first-order valence-electron chi connectivity index (χ1n) is 7.56. The number of hydrogen-bond donors (Lipinski definition) is 1. The molecule has 1 N–H and O–H groups in total. The summed E-state index contributed by atoms with van der Waals surface area (Å²) in [5.74, 6) is 0.748. The largest absolute Gasteiger partial charge is 0.348 e. The van der Waals surface area contributed by atoms with Gasteiger partial charge < -0.3 is 9.55 Å². The van der Waals surface area contributed by atoms with Gasteiger partial charge >= 0.3 is 0 Å². The van der Waals surface area contributed by atoms with Crippen LogP contribution in [0.4, 0.5) is 4.39 Å². The van der Waals surface area contributed by atoms with Gasteiger partial charge in [0.1, 0.15) is 11.6 Å². The molecule has 0 unspecified atom stereocenters. The maximum Gasteiger partial charge on any atom is 0.132 e. The van der Waals surface area contributed by atoms with Crippen molar-refractivity contribution in [3.63, 3.8) is 0 Å². The predicted octanol–water partition coefficient (Wildman–Crippen LogP) is 4.39. The fourth-order valence-corrected chi connectivity index (χ4v) is 3.01. The van der Waals surface area contributed by atoms with E-state index in [1.165, 1.54) is 6.07 Å². The van der Waals surface area contributed by atoms with Crippen LogP contribution in [0.25, 0.3) is 16.6 Å². The maximum absolute atomic E-state index is 14.0. The van der Waals surface area contributed by atoms with Crippen LogP contribution in [0, 0.1) is 12.7 Å². The Morgan fingerprint density at radius 3 is 2.91 bits per heavy atom. The molecule has 0 fully saturated rings. The van der Waals surface area contributed by atoms with Gasteiger partial charge in [-0.25, -0.2) is 9.37 Å². The molecule has 3 nitrogen and oxygen atoms in total. The standard InChI is InChI=1S/C19H16FN3/c1-13-5-6-17(20)16-7-10-23(19(13)16)15-4-2-3-14(11-15)12-18-21-8-9-22-18/h2-11H,12H2,1H3,(H,21,22). The van der Waals surface area contributed by atoms with Gasteiger partial charge in [-0.15, -0.1) is 0 Å². The van der Waals surface area contributed by atoms with Crippen LogP contribution >= 0.6 is 0 Å². The summed E-state index contributed by atoms with van der Waals surface area (Å²) in [4.78, 5) is 7.39. The molecule has 23 heavy (non-hydrogen) atoms. The van der Waals surface area contributed by atoms with Crippen LogP contribution in [0.1, 0.15) is 17.0 Å². The van der Waals surface area contributed by atoms with E-state index in [1.54, 1.807) is 6.20 Å². The summed E-state index contributed by atoms with van der Waals surface area (Å²) in [6.45, 7) is 2.00. The van der Waals surface area contributed by atoms with E-state index < -0.39 is 0 Å². The Kier molecular flexibility index (Phi) is 3.23. The number of aryl methyl sites for hydroxylation is 1. The normalized spacial score (nSPS) is 11.2. The Hall–Kier alpha value is -2.88. The van der Waals surface area contributed by atoms with Gasteiger partial charge in [-0.1, -0.05) is 18.2 Å².